The van der Waals surface area contributed by atoms with Crippen molar-refractivity contribution < 1.29 is 4.79 Å². The molecule has 0 bridgehead atoms. The van der Waals surface area contributed by atoms with Crippen LogP contribution >= 0.6 is 0 Å². The van der Waals surface area contributed by atoms with E-state index in [1.54, 1.807) is 24.4 Å². The minimum Gasteiger partial charge on any atom is -0.384 e. The Morgan fingerprint density at radius 3 is 2.63 bits per heavy atom. The van der Waals surface area contributed by atoms with Crippen molar-refractivity contribution in [2.75, 3.05) is 27.2 Å². The van der Waals surface area contributed by atoms with Crippen LogP contribution in [0.1, 0.15) is 21.5 Å². The van der Waals surface area contributed by atoms with Gasteiger partial charge in [-0.3, -0.25) is 15.0 Å². The van der Waals surface area contributed by atoms with Crippen LogP contribution in [-0.4, -0.2) is 58.6 Å². The van der Waals surface area contributed by atoms with E-state index in [2.05, 4.69) is 15.4 Å². The summed E-state index contributed by atoms with van der Waals surface area (Å²) in [7, 11) is 3.90. The molecule has 9 heteroatoms. The fourth-order valence-corrected chi connectivity index (χ4v) is 3.82. The Kier molecular flexibility index (Phi) is 7.07. The molecule has 5 N–H and O–H groups in total. The predicted octanol–water partition coefficient (Wildman–Crippen LogP) is 2.21. The summed E-state index contributed by atoms with van der Waals surface area (Å²) in [5.41, 5.74) is 10.2. The largest absolute Gasteiger partial charge is 0.384 e. The summed E-state index contributed by atoms with van der Waals surface area (Å²) in [5, 5.41) is 16.0. The molecule has 4 rings (SSSR count). The van der Waals surface area contributed by atoms with Crippen LogP contribution in [0.5, 0.6) is 0 Å². The average molecular weight is 472 g/mol. The third kappa shape index (κ3) is 5.64. The Bertz CT molecular complexity index is 1420. The molecule has 0 aliphatic heterocycles. The van der Waals surface area contributed by atoms with Crippen molar-refractivity contribution in [2.24, 2.45) is 5.73 Å². The van der Waals surface area contributed by atoms with Crippen LogP contribution in [0.3, 0.4) is 0 Å². The van der Waals surface area contributed by atoms with Crippen molar-refractivity contribution in [3.8, 4) is 11.3 Å². The summed E-state index contributed by atoms with van der Waals surface area (Å²) in [6.45, 7) is 1.70. The van der Waals surface area contributed by atoms with Crippen molar-refractivity contribution in [2.45, 2.75) is 13.0 Å². The number of nitrogens with one attached hydrogen (secondary N) is 3. The zero-order chi connectivity index (χ0) is 24.9. The number of fused-ring (bicyclic) bond motifs is 1. The number of nitrogen functional groups attached to an aromatic ring is 1. The monoisotopic (exact) mass is 471 g/mol. The third-order valence-corrected chi connectivity index (χ3v) is 5.80. The van der Waals surface area contributed by atoms with Crippen LogP contribution < -0.4 is 16.6 Å². The number of benzene rings is 2. The second kappa shape index (κ2) is 10.4. The lowest BCUT2D eigenvalue weighted by Crippen LogP contribution is -2.28. The SMILES string of the molecule is CN(C)CCn1nc(-c2ccc(C(=O)NCCc3ccc4[nH]cc(C(=N)N)c4c3)cc2)ccc1=O. The number of nitrogens with zero attached hydrogens (tertiary/aromatic N) is 3. The third-order valence-electron chi connectivity index (χ3n) is 5.80. The number of aromatic nitrogens is 3. The molecule has 1 amide bonds. The Hall–Kier alpha value is -4.24. The molecule has 0 atom stereocenters. The molecule has 0 fully saturated rings. The van der Waals surface area contributed by atoms with E-state index in [1.165, 1.54) is 10.7 Å². The number of likely N-dealkylation sites (N-methyl/N-ethyl adjacent to an activating group) is 1. The molecule has 2 aromatic carbocycles. The fraction of sp³-hybridized carbons (Fsp3) is 0.231. The molecule has 0 unspecified atom stereocenters. The first-order valence-corrected chi connectivity index (χ1v) is 11.4. The van der Waals surface area contributed by atoms with Crippen molar-refractivity contribution in [3.63, 3.8) is 0 Å². The molecular weight excluding hydrogens is 442 g/mol. The van der Waals surface area contributed by atoms with E-state index in [4.69, 9.17) is 11.1 Å². The van der Waals surface area contributed by atoms with Gasteiger partial charge in [-0.05, 0) is 56.4 Å². The molecule has 9 nitrogen and oxygen atoms in total. The highest BCUT2D eigenvalue weighted by Crippen LogP contribution is 2.20. The summed E-state index contributed by atoms with van der Waals surface area (Å²) in [4.78, 5) is 29.8. The van der Waals surface area contributed by atoms with E-state index in [0.29, 0.717) is 42.9 Å². The van der Waals surface area contributed by atoms with Crippen LogP contribution in [-0.2, 0) is 13.0 Å². The molecule has 0 aliphatic carbocycles. The van der Waals surface area contributed by atoms with Crippen LogP contribution in [0.25, 0.3) is 22.2 Å². The zero-order valence-electron chi connectivity index (χ0n) is 19.8. The molecule has 2 heterocycles. The number of hydrogen-bond donors (Lipinski definition) is 4. The van der Waals surface area contributed by atoms with E-state index in [1.807, 2.05) is 49.3 Å². The highest BCUT2D eigenvalue weighted by molar-refractivity contribution is 6.07. The second-order valence-corrected chi connectivity index (χ2v) is 8.66. The highest BCUT2D eigenvalue weighted by Gasteiger charge is 2.10. The molecular formula is C26H29N7O2. The molecule has 180 valence electrons. The number of rotatable bonds is 9. The van der Waals surface area contributed by atoms with E-state index >= 15 is 0 Å². The summed E-state index contributed by atoms with van der Waals surface area (Å²) in [6.07, 6.45) is 2.39. The Labute approximate surface area is 203 Å². The van der Waals surface area contributed by atoms with E-state index < -0.39 is 0 Å². The Morgan fingerprint density at radius 1 is 1.14 bits per heavy atom. The molecule has 2 aromatic heterocycles. The van der Waals surface area contributed by atoms with Gasteiger partial charge in [-0.15, -0.1) is 0 Å². The van der Waals surface area contributed by atoms with Gasteiger partial charge in [0.25, 0.3) is 11.5 Å². The predicted molar refractivity (Wildman–Crippen MR) is 138 cm³/mol. The molecule has 0 spiro atoms. The van der Waals surface area contributed by atoms with E-state index in [9.17, 15) is 9.59 Å². The standard InChI is InChI=1S/C26H29N7O2/c1-32(2)13-14-33-24(34)10-9-22(31-33)18-4-6-19(7-5-18)26(35)29-12-11-17-3-8-23-20(15-17)21(16-30-23)25(27)28/h3-10,15-16,30H,11-14H2,1-2H3,(H3,27,28)(H,29,35). The van der Waals surface area contributed by atoms with Crippen molar-refractivity contribution >= 4 is 22.6 Å². The molecule has 0 aliphatic rings. The zero-order valence-corrected chi connectivity index (χ0v) is 19.8. The van der Waals surface area contributed by atoms with E-state index in [0.717, 1.165) is 22.0 Å². The fourth-order valence-electron chi connectivity index (χ4n) is 3.82. The van der Waals surface area contributed by atoms with Gasteiger partial charge < -0.3 is 20.9 Å². The van der Waals surface area contributed by atoms with Gasteiger partial charge in [0.15, 0.2) is 0 Å². The maximum Gasteiger partial charge on any atom is 0.266 e. The number of hydrogen-bond acceptors (Lipinski definition) is 5. The van der Waals surface area contributed by atoms with Gasteiger partial charge in [-0.25, -0.2) is 4.68 Å². The number of carbonyl (C=O) groups excluding carboxylic acids is 1. The van der Waals surface area contributed by atoms with Crippen LogP contribution in [0.2, 0.25) is 0 Å². The lowest BCUT2D eigenvalue weighted by atomic mass is 10.1. The Balaban J connectivity index is 1.38. The topological polar surface area (TPSA) is 133 Å². The van der Waals surface area contributed by atoms with Crippen LogP contribution in [0, 0.1) is 5.41 Å². The number of amidine groups is 1. The minimum atomic E-state index is -0.160. The smallest absolute Gasteiger partial charge is 0.266 e. The van der Waals surface area contributed by atoms with Crippen molar-refractivity contribution in [3.05, 3.63) is 87.8 Å². The quantitative estimate of drug-likeness (QED) is 0.219. The van der Waals surface area contributed by atoms with Crippen LogP contribution in [0.15, 0.2) is 65.6 Å². The maximum atomic E-state index is 12.6. The van der Waals surface area contributed by atoms with E-state index in [-0.39, 0.29) is 17.3 Å². The number of nitrogens with two attached hydrogens (primary N) is 1. The first-order valence-electron chi connectivity index (χ1n) is 11.4. The van der Waals surface area contributed by atoms with Gasteiger partial charge in [0.05, 0.1) is 12.2 Å². The van der Waals surface area contributed by atoms with Gasteiger partial charge >= 0.3 is 0 Å². The molecule has 0 saturated heterocycles. The number of aromatic amines is 1. The Morgan fingerprint density at radius 2 is 1.91 bits per heavy atom. The van der Waals surface area contributed by atoms with Gasteiger partial charge in [0.1, 0.15) is 5.84 Å². The number of amides is 1. The van der Waals surface area contributed by atoms with Crippen molar-refractivity contribution in [1.82, 2.24) is 25.0 Å². The molecule has 0 saturated carbocycles. The van der Waals surface area contributed by atoms with Crippen LogP contribution in [0.4, 0.5) is 0 Å². The second-order valence-electron chi connectivity index (χ2n) is 8.66. The number of carbonyl (C=O) groups is 1. The summed E-state index contributed by atoms with van der Waals surface area (Å²) < 4.78 is 1.46. The van der Waals surface area contributed by atoms with Gasteiger partial charge in [-0.2, -0.15) is 5.10 Å². The lowest BCUT2D eigenvalue weighted by molar-refractivity contribution is 0.0954. The molecule has 0 radical (unpaired) electrons. The average Bonchev–Trinajstić information content (AvgIpc) is 3.27. The first-order chi connectivity index (χ1) is 16.8. The van der Waals surface area contributed by atoms with Gasteiger partial charge in [-0.1, -0.05) is 18.2 Å². The first kappa shape index (κ1) is 23.9. The van der Waals surface area contributed by atoms with Gasteiger partial charge in [0, 0.05) is 52.9 Å². The molecule has 4 aromatic rings. The lowest BCUT2D eigenvalue weighted by Gasteiger charge is -2.11. The molecule has 35 heavy (non-hydrogen) atoms. The maximum absolute atomic E-state index is 12.6. The highest BCUT2D eigenvalue weighted by atomic mass is 16.1. The van der Waals surface area contributed by atoms with Crippen molar-refractivity contribution in [1.29, 1.82) is 5.41 Å². The summed E-state index contributed by atoms with van der Waals surface area (Å²) in [6, 6.07) is 16.3. The summed E-state index contributed by atoms with van der Waals surface area (Å²) >= 11 is 0. The number of H-pyrrole nitrogens is 1. The van der Waals surface area contributed by atoms with Gasteiger partial charge in [0.2, 0.25) is 0 Å². The minimum absolute atomic E-state index is 0.0210. The summed E-state index contributed by atoms with van der Waals surface area (Å²) in [5.74, 6) is -0.139. The normalized spacial score (nSPS) is 11.2.